The van der Waals surface area contributed by atoms with Gasteiger partial charge >= 0.3 is 0 Å². The second-order valence-electron chi connectivity index (χ2n) is 6.81. The highest BCUT2D eigenvalue weighted by molar-refractivity contribution is 7.89. The van der Waals surface area contributed by atoms with Crippen LogP contribution in [0.2, 0.25) is 0 Å². The minimum absolute atomic E-state index is 0.0660. The number of morpholine rings is 1. The van der Waals surface area contributed by atoms with Crippen molar-refractivity contribution in [2.75, 3.05) is 52.9 Å². The molecule has 0 atom stereocenters. The first-order valence-corrected chi connectivity index (χ1v) is 11.3. The third kappa shape index (κ3) is 5.39. The van der Waals surface area contributed by atoms with E-state index in [1.54, 1.807) is 31.4 Å². The van der Waals surface area contributed by atoms with Gasteiger partial charge in [-0.05, 0) is 36.4 Å². The van der Waals surface area contributed by atoms with Gasteiger partial charge in [0.25, 0.3) is 0 Å². The minimum atomic E-state index is -3.72. The molecule has 0 saturated carbocycles. The lowest BCUT2D eigenvalue weighted by Crippen LogP contribution is -2.40. The summed E-state index contributed by atoms with van der Waals surface area (Å²) in [5.74, 6) is 1.06. The lowest BCUT2D eigenvalue weighted by atomic mass is 10.1. The summed E-state index contributed by atoms with van der Waals surface area (Å²) in [6, 6.07) is 9.58. The van der Waals surface area contributed by atoms with Crippen LogP contribution < -0.4 is 19.5 Å². The molecule has 2 aromatic rings. The van der Waals surface area contributed by atoms with Gasteiger partial charge in [-0.1, -0.05) is 0 Å². The summed E-state index contributed by atoms with van der Waals surface area (Å²) in [5, 5.41) is 2.68. The molecule has 172 valence electrons. The Kier molecular flexibility index (Phi) is 7.73. The molecule has 0 unspecified atom stereocenters. The molecule has 32 heavy (non-hydrogen) atoms. The Hall–Kier alpha value is -3.08. The normalized spacial score (nSPS) is 14.8. The summed E-state index contributed by atoms with van der Waals surface area (Å²) >= 11 is 0. The summed E-state index contributed by atoms with van der Waals surface area (Å²) in [6.45, 7) is 1.25. The van der Waals surface area contributed by atoms with E-state index in [2.05, 4.69) is 5.32 Å². The third-order valence-electron chi connectivity index (χ3n) is 4.89. The van der Waals surface area contributed by atoms with E-state index in [9.17, 15) is 13.2 Å². The van der Waals surface area contributed by atoms with Crippen molar-refractivity contribution in [1.29, 1.82) is 0 Å². The first-order valence-electron chi connectivity index (χ1n) is 9.86. The van der Waals surface area contributed by atoms with Crippen LogP contribution in [0.1, 0.15) is 5.56 Å². The van der Waals surface area contributed by atoms with Crippen LogP contribution in [-0.2, 0) is 19.6 Å². The van der Waals surface area contributed by atoms with Crippen LogP contribution in [0.5, 0.6) is 17.2 Å². The Balaban J connectivity index is 1.81. The Labute approximate surface area is 187 Å². The van der Waals surface area contributed by atoms with Crippen molar-refractivity contribution in [2.24, 2.45) is 0 Å². The van der Waals surface area contributed by atoms with Crippen LogP contribution in [0.4, 0.5) is 5.69 Å². The standard InChI is InChI=1S/C22H26N2O7S/c1-28-17-6-4-16(21(14-17)30-3)5-9-22(25)23-19-15-18(7-8-20(19)29-2)32(26,27)24-10-12-31-13-11-24/h4-9,14-15H,10-13H2,1-3H3,(H,23,25)/b9-5+. The summed E-state index contributed by atoms with van der Waals surface area (Å²) in [7, 11) is 0.807. The van der Waals surface area contributed by atoms with Crippen molar-refractivity contribution in [3.8, 4) is 17.2 Å². The first-order chi connectivity index (χ1) is 15.4. The molecular weight excluding hydrogens is 436 g/mol. The monoisotopic (exact) mass is 462 g/mol. The van der Waals surface area contributed by atoms with Crippen LogP contribution >= 0.6 is 0 Å². The Morgan fingerprint density at radius 3 is 2.38 bits per heavy atom. The average molecular weight is 463 g/mol. The van der Waals surface area contributed by atoms with E-state index in [1.165, 1.54) is 42.8 Å². The fourth-order valence-electron chi connectivity index (χ4n) is 3.18. The molecule has 0 aliphatic carbocycles. The van der Waals surface area contributed by atoms with E-state index in [-0.39, 0.29) is 23.7 Å². The number of hydrogen-bond donors (Lipinski definition) is 1. The first kappa shape index (κ1) is 23.6. The smallest absolute Gasteiger partial charge is 0.248 e. The van der Waals surface area contributed by atoms with Crippen LogP contribution in [-0.4, -0.2) is 66.3 Å². The van der Waals surface area contributed by atoms with Gasteiger partial charge in [0.05, 0.1) is 45.1 Å². The molecule has 1 N–H and O–H groups in total. The molecule has 3 rings (SSSR count). The second kappa shape index (κ2) is 10.5. The number of anilines is 1. The van der Waals surface area contributed by atoms with Crippen molar-refractivity contribution >= 4 is 27.7 Å². The molecule has 1 heterocycles. The summed E-state index contributed by atoms with van der Waals surface area (Å²) < 4.78 is 48.2. The molecule has 10 heteroatoms. The van der Waals surface area contributed by atoms with Gasteiger partial charge in [-0.25, -0.2) is 8.42 Å². The lowest BCUT2D eigenvalue weighted by molar-refractivity contribution is -0.111. The van der Waals surface area contributed by atoms with Gasteiger partial charge in [0.15, 0.2) is 0 Å². The third-order valence-corrected chi connectivity index (χ3v) is 6.79. The topological polar surface area (TPSA) is 103 Å². The average Bonchev–Trinajstić information content (AvgIpc) is 2.83. The zero-order valence-electron chi connectivity index (χ0n) is 18.2. The van der Waals surface area contributed by atoms with E-state index < -0.39 is 15.9 Å². The van der Waals surface area contributed by atoms with E-state index in [0.29, 0.717) is 36.0 Å². The number of amides is 1. The summed E-state index contributed by atoms with van der Waals surface area (Å²) in [6.07, 6.45) is 2.92. The maximum absolute atomic E-state index is 12.9. The predicted octanol–water partition coefficient (Wildman–Crippen LogP) is 2.39. The van der Waals surface area contributed by atoms with Gasteiger partial charge in [0.2, 0.25) is 15.9 Å². The number of carbonyl (C=O) groups excluding carboxylic acids is 1. The number of methoxy groups -OCH3 is 3. The minimum Gasteiger partial charge on any atom is -0.497 e. The zero-order chi connectivity index (χ0) is 23.1. The predicted molar refractivity (Wildman–Crippen MR) is 120 cm³/mol. The van der Waals surface area contributed by atoms with Crippen molar-refractivity contribution in [3.05, 3.63) is 48.0 Å². The lowest BCUT2D eigenvalue weighted by Gasteiger charge is -2.26. The van der Waals surface area contributed by atoms with Crippen LogP contribution in [0.15, 0.2) is 47.4 Å². The highest BCUT2D eigenvalue weighted by Crippen LogP contribution is 2.30. The molecule has 2 aromatic carbocycles. The van der Waals surface area contributed by atoms with Gasteiger partial charge in [-0.2, -0.15) is 4.31 Å². The van der Waals surface area contributed by atoms with E-state index in [0.717, 1.165) is 0 Å². The van der Waals surface area contributed by atoms with Gasteiger partial charge in [-0.3, -0.25) is 4.79 Å². The number of ether oxygens (including phenoxy) is 4. The van der Waals surface area contributed by atoms with Crippen molar-refractivity contribution in [2.45, 2.75) is 4.90 Å². The zero-order valence-corrected chi connectivity index (χ0v) is 19.0. The van der Waals surface area contributed by atoms with Gasteiger partial charge < -0.3 is 24.3 Å². The number of rotatable bonds is 8. The van der Waals surface area contributed by atoms with Crippen LogP contribution in [0.25, 0.3) is 6.08 Å². The SMILES string of the molecule is COc1ccc(/C=C/C(=O)Nc2cc(S(=O)(=O)N3CCOCC3)ccc2OC)c(OC)c1. The second-order valence-corrected chi connectivity index (χ2v) is 8.75. The Morgan fingerprint density at radius 2 is 1.72 bits per heavy atom. The van der Waals surface area contributed by atoms with E-state index >= 15 is 0 Å². The van der Waals surface area contributed by atoms with Crippen molar-refractivity contribution in [1.82, 2.24) is 4.31 Å². The molecule has 0 aromatic heterocycles. The van der Waals surface area contributed by atoms with Crippen LogP contribution in [0.3, 0.4) is 0 Å². The number of sulfonamides is 1. The van der Waals surface area contributed by atoms with Crippen LogP contribution in [0, 0.1) is 0 Å². The fourth-order valence-corrected chi connectivity index (χ4v) is 4.61. The Bertz CT molecular complexity index is 1090. The highest BCUT2D eigenvalue weighted by atomic mass is 32.2. The highest BCUT2D eigenvalue weighted by Gasteiger charge is 2.27. The quantitative estimate of drug-likeness (QED) is 0.601. The summed E-state index contributed by atoms with van der Waals surface area (Å²) in [4.78, 5) is 12.6. The maximum atomic E-state index is 12.9. The van der Waals surface area contributed by atoms with Gasteiger partial charge in [0, 0.05) is 30.8 Å². The molecule has 9 nitrogen and oxygen atoms in total. The number of nitrogens with zero attached hydrogens (tertiary/aromatic N) is 1. The number of benzene rings is 2. The van der Waals surface area contributed by atoms with E-state index in [4.69, 9.17) is 18.9 Å². The molecule has 0 spiro atoms. The summed E-state index contributed by atoms with van der Waals surface area (Å²) in [5.41, 5.74) is 0.928. The molecule has 1 saturated heterocycles. The molecule has 1 amide bonds. The Morgan fingerprint density at radius 1 is 1.00 bits per heavy atom. The molecule has 0 radical (unpaired) electrons. The van der Waals surface area contributed by atoms with E-state index in [1.807, 2.05) is 0 Å². The van der Waals surface area contributed by atoms with Crippen molar-refractivity contribution < 1.29 is 32.2 Å². The molecule has 1 fully saturated rings. The van der Waals surface area contributed by atoms with Gasteiger partial charge in [0.1, 0.15) is 17.2 Å². The van der Waals surface area contributed by atoms with Crippen molar-refractivity contribution in [3.63, 3.8) is 0 Å². The maximum Gasteiger partial charge on any atom is 0.248 e. The molecular formula is C22H26N2O7S. The molecule has 0 bridgehead atoms. The largest absolute Gasteiger partial charge is 0.497 e. The number of carbonyl (C=O) groups is 1. The molecule has 1 aliphatic heterocycles. The number of nitrogens with one attached hydrogen (secondary N) is 1. The fraction of sp³-hybridized carbons (Fsp3) is 0.318. The number of hydrogen-bond acceptors (Lipinski definition) is 7. The molecule has 1 aliphatic rings. The van der Waals surface area contributed by atoms with Gasteiger partial charge in [-0.15, -0.1) is 0 Å².